The van der Waals surface area contributed by atoms with Crippen molar-refractivity contribution in [2.24, 2.45) is 0 Å². The van der Waals surface area contributed by atoms with Gasteiger partial charge in [-0.25, -0.2) is 0 Å². The molecule has 1 aliphatic heterocycles. The van der Waals surface area contributed by atoms with Gasteiger partial charge in [-0.05, 0) is 38.8 Å². The molecular weight excluding hydrogens is 202 g/mol. The first-order valence-corrected chi connectivity index (χ1v) is 5.39. The lowest BCUT2D eigenvalue weighted by Gasteiger charge is -2.19. The van der Waals surface area contributed by atoms with Gasteiger partial charge in [0.2, 0.25) is 0 Å². The van der Waals surface area contributed by atoms with Crippen molar-refractivity contribution >= 4 is 22.9 Å². The Morgan fingerprint density at radius 1 is 1.57 bits per heavy atom. The first-order chi connectivity index (χ1) is 6.65. The van der Waals surface area contributed by atoms with Gasteiger partial charge in [0.15, 0.2) is 0 Å². The molecule has 5 nitrogen and oxygen atoms in total. The second kappa shape index (κ2) is 5.33. The smallest absolute Gasteiger partial charge is 0.287 e. The Hall–Kier alpha value is -0.590. The summed E-state index contributed by atoms with van der Waals surface area (Å²) in [6.45, 7) is 1.72. The van der Waals surface area contributed by atoms with E-state index in [-0.39, 0.29) is 16.5 Å². The minimum absolute atomic E-state index is 0.202. The zero-order chi connectivity index (χ0) is 10.6. The number of imide groups is 1. The van der Waals surface area contributed by atoms with Crippen molar-refractivity contribution in [1.29, 1.82) is 0 Å². The molecule has 1 rings (SSSR count). The molecule has 1 fully saturated rings. The number of thioether (sulfide) groups is 1. The Morgan fingerprint density at radius 3 is 2.79 bits per heavy atom. The highest BCUT2D eigenvalue weighted by atomic mass is 32.2. The molecule has 0 aromatic rings. The molecule has 2 N–H and O–H groups in total. The summed E-state index contributed by atoms with van der Waals surface area (Å²) in [7, 11) is 3.74. The lowest BCUT2D eigenvalue weighted by Crippen LogP contribution is -2.37. The van der Waals surface area contributed by atoms with Crippen LogP contribution in [-0.2, 0) is 4.79 Å². The van der Waals surface area contributed by atoms with Gasteiger partial charge in [0.05, 0.1) is 0 Å². The summed E-state index contributed by atoms with van der Waals surface area (Å²) >= 11 is 1.05. The molecule has 0 aromatic carbocycles. The molecule has 0 saturated carbocycles. The zero-order valence-corrected chi connectivity index (χ0v) is 9.19. The second-order valence-electron chi connectivity index (χ2n) is 3.18. The van der Waals surface area contributed by atoms with E-state index in [4.69, 9.17) is 0 Å². The SMILES string of the molecule is CNCCCN(C)C1SC(=O)NC1=O. The number of likely N-dealkylation sites (N-methyl/N-ethyl adjacent to an activating group) is 1. The van der Waals surface area contributed by atoms with Crippen LogP contribution in [0.4, 0.5) is 4.79 Å². The van der Waals surface area contributed by atoms with Crippen molar-refractivity contribution in [1.82, 2.24) is 15.5 Å². The molecule has 14 heavy (non-hydrogen) atoms. The van der Waals surface area contributed by atoms with Crippen molar-refractivity contribution < 1.29 is 9.59 Å². The Labute approximate surface area is 87.6 Å². The van der Waals surface area contributed by atoms with Gasteiger partial charge in [-0.2, -0.15) is 0 Å². The topological polar surface area (TPSA) is 61.4 Å². The molecule has 0 radical (unpaired) electrons. The van der Waals surface area contributed by atoms with E-state index in [9.17, 15) is 9.59 Å². The Kier molecular flexibility index (Phi) is 4.37. The third-order valence-corrected chi connectivity index (χ3v) is 3.12. The largest absolute Gasteiger partial charge is 0.320 e. The zero-order valence-electron chi connectivity index (χ0n) is 8.37. The van der Waals surface area contributed by atoms with Crippen LogP contribution >= 0.6 is 11.8 Å². The first kappa shape index (κ1) is 11.5. The van der Waals surface area contributed by atoms with Crippen LogP contribution in [-0.4, -0.2) is 48.6 Å². The average molecular weight is 217 g/mol. The van der Waals surface area contributed by atoms with E-state index in [1.807, 2.05) is 19.0 Å². The van der Waals surface area contributed by atoms with Crippen molar-refractivity contribution in [3.8, 4) is 0 Å². The Morgan fingerprint density at radius 2 is 2.29 bits per heavy atom. The quantitative estimate of drug-likeness (QED) is 0.626. The van der Waals surface area contributed by atoms with Gasteiger partial charge < -0.3 is 5.32 Å². The maximum absolute atomic E-state index is 11.2. The highest BCUT2D eigenvalue weighted by Crippen LogP contribution is 2.21. The summed E-state index contributed by atoms with van der Waals surface area (Å²) in [6, 6.07) is 0. The predicted molar refractivity (Wildman–Crippen MR) is 56.1 cm³/mol. The average Bonchev–Trinajstić information content (AvgIpc) is 2.45. The van der Waals surface area contributed by atoms with Crippen molar-refractivity contribution in [2.75, 3.05) is 27.2 Å². The molecule has 1 unspecified atom stereocenters. The van der Waals surface area contributed by atoms with Gasteiger partial charge in [0.25, 0.3) is 11.1 Å². The number of carbonyl (C=O) groups excluding carboxylic acids is 2. The summed E-state index contributed by atoms with van der Waals surface area (Å²) in [4.78, 5) is 24.0. The highest BCUT2D eigenvalue weighted by Gasteiger charge is 2.34. The van der Waals surface area contributed by atoms with E-state index in [1.54, 1.807) is 0 Å². The maximum Gasteiger partial charge on any atom is 0.287 e. The number of nitrogens with zero attached hydrogens (tertiary/aromatic N) is 1. The summed E-state index contributed by atoms with van der Waals surface area (Å²) < 4.78 is 0. The lowest BCUT2D eigenvalue weighted by atomic mass is 10.4. The Bertz CT molecular complexity index is 235. The van der Waals surface area contributed by atoms with Crippen LogP contribution in [0.2, 0.25) is 0 Å². The molecule has 1 atom stereocenters. The molecule has 2 amide bonds. The fraction of sp³-hybridized carbons (Fsp3) is 0.750. The van der Waals surface area contributed by atoms with E-state index in [0.29, 0.717) is 0 Å². The van der Waals surface area contributed by atoms with E-state index < -0.39 is 0 Å². The maximum atomic E-state index is 11.2. The molecule has 0 aliphatic carbocycles. The van der Waals surface area contributed by atoms with E-state index in [1.165, 1.54) is 0 Å². The van der Waals surface area contributed by atoms with Crippen LogP contribution in [0.3, 0.4) is 0 Å². The summed E-state index contributed by atoms with van der Waals surface area (Å²) in [6.07, 6.45) is 0.964. The van der Waals surface area contributed by atoms with Gasteiger partial charge in [0.1, 0.15) is 5.37 Å². The number of carbonyl (C=O) groups is 2. The minimum atomic E-state index is -0.348. The molecular formula is C8H15N3O2S. The number of nitrogens with one attached hydrogen (secondary N) is 2. The van der Waals surface area contributed by atoms with Crippen molar-refractivity contribution in [3.05, 3.63) is 0 Å². The number of hydrogen-bond donors (Lipinski definition) is 2. The third kappa shape index (κ3) is 2.97. The molecule has 0 spiro atoms. The van der Waals surface area contributed by atoms with E-state index in [2.05, 4.69) is 10.6 Å². The standard InChI is InChI=1S/C8H15N3O2S/c1-9-4-3-5-11(2)7-6(12)10-8(13)14-7/h7,9H,3-5H2,1-2H3,(H,10,12,13). The highest BCUT2D eigenvalue weighted by molar-refractivity contribution is 8.15. The lowest BCUT2D eigenvalue weighted by molar-refractivity contribution is -0.121. The third-order valence-electron chi connectivity index (χ3n) is 2.01. The molecule has 0 bridgehead atoms. The van der Waals surface area contributed by atoms with Gasteiger partial charge >= 0.3 is 0 Å². The monoisotopic (exact) mass is 217 g/mol. The molecule has 1 heterocycles. The molecule has 1 saturated heterocycles. The van der Waals surface area contributed by atoms with Crippen molar-refractivity contribution in [3.63, 3.8) is 0 Å². The van der Waals surface area contributed by atoms with Crippen LogP contribution in [0.5, 0.6) is 0 Å². The molecule has 1 aliphatic rings. The number of rotatable bonds is 5. The summed E-state index contributed by atoms with van der Waals surface area (Å²) in [5.74, 6) is -0.202. The predicted octanol–water partition coefficient (Wildman–Crippen LogP) is -0.163. The van der Waals surface area contributed by atoms with Gasteiger partial charge in [-0.15, -0.1) is 0 Å². The van der Waals surface area contributed by atoms with Crippen LogP contribution < -0.4 is 10.6 Å². The van der Waals surface area contributed by atoms with Crippen LogP contribution in [0.15, 0.2) is 0 Å². The second-order valence-corrected chi connectivity index (χ2v) is 4.24. The van der Waals surface area contributed by atoms with Crippen LogP contribution in [0.25, 0.3) is 0 Å². The summed E-state index contributed by atoms with van der Waals surface area (Å²) in [5, 5.41) is 4.70. The molecule has 80 valence electrons. The fourth-order valence-electron chi connectivity index (χ4n) is 1.26. The summed E-state index contributed by atoms with van der Waals surface area (Å²) in [5.41, 5.74) is 0. The fourth-order valence-corrected chi connectivity index (χ4v) is 2.07. The van der Waals surface area contributed by atoms with Crippen molar-refractivity contribution in [2.45, 2.75) is 11.8 Å². The number of amides is 2. The molecule has 0 aromatic heterocycles. The van der Waals surface area contributed by atoms with Crippen LogP contribution in [0.1, 0.15) is 6.42 Å². The van der Waals surface area contributed by atoms with Gasteiger partial charge in [-0.3, -0.25) is 19.8 Å². The Balaban J connectivity index is 2.33. The first-order valence-electron chi connectivity index (χ1n) is 4.51. The van der Waals surface area contributed by atoms with E-state index in [0.717, 1.165) is 31.3 Å². The molecule has 6 heteroatoms. The minimum Gasteiger partial charge on any atom is -0.320 e. The van der Waals surface area contributed by atoms with Gasteiger partial charge in [-0.1, -0.05) is 0 Å². The van der Waals surface area contributed by atoms with Crippen LogP contribution in [0, 0.1) is 0 Å². The normalized spacial score (nSPS) is 21.8. The van der Waals surface area contributed by atoms with Gasteiger partial charge in [0, 0.05) is 6.54 Å². The van der Waals surface area contributed by atoms with E-state index >= 15 is 0 Å². The number of hydrogen-bond acceptors (Lipinski definition) is 5.